The van der Waals surface area contributed by atoms with Crippen molar-refractivity contribution in [2.45, 2.75) is 50.7 Å². The summed E-state index contributed by atoms with van der Waals surface area (Å²) in [6.45, 7) is 6.69. The number of nitrogens with two attached hydrogens (primary N) is 1. The molecule has 0 aromatic rings. The number of nitrogens with zero attached hydrogens (tertiary/aromatic N) is 2. The summed E-state index contributed by atoms with van der Waals surface area (Å²) in [6, 6.07) is 0.778. The van der Waals surface area contributed by atoms with Gasteiger partial charge in [0.15, 0.2) is 0 Å². The zero-order chi connectivity index (χ0) is 13.8. The van der Waals surface area contributed by atoms with Crippen molar-refractivity contribution in [2.75, 3.05) is 33.3 Å². The molecule has 2 rings (SSSR count). The van der Waals surface area contributed by atoms with Crippen LogP contribution in [0.3, 0.4) is 0 Å². The van der Waals surface area contributed by atoms with Gasteiger partial charge in [0, 0.05) is 31.7 Å². The van der Waals surface area contributed by atoms with Crippen molar-refractivity contribution < 1.29 is 9.53 Å². The van der Waals surface area contributed by atoms with Crippen LogP contribution in [-0.2, 0) is 9.53 Å². The Labute approximate surface area is 116 Å². The highest BCUT2D eigenvalue weighted by Crippen LogP contribution is 2.24. The first-order valence-corrected chi connectivity index (χ1v) is 7.43. The molecule has 3 atom stereocenters. The van der Waals surface area contributed by atoms with Gasteiger partial charge >= 0.3 is 5.97 Å². The smallest absolute Gasteiger partial charge is 0.322 e. The molecule has 19 heavy (non-hydrogen) atoms. The van der Waals surface area contributed by atoms with Crippen LogP contribution in [0.2, 0.25) is 0 Å². The van der Waals surface area contributed by atoms with Gasteiger partial charge in [0.2, 0.25) is 0 Å². The van der Waals surface area contributed by atoms with E-state index in [0.29, 0.717) is 18.5 Å². The van der Waals surface area contributed by atoms with Crippen LogP contribution >= 0.6 is 0 Å². The second-order valence-electron chi connectivity index (χ2n) is 5.91. The van der Waals surface area contributed by atoms with Gasteiger partial charge in [0.1, 0.15) is 6.04 Å². The summed E-state index contributed by atoms with van der Waals surface area (Å²) in [5.74, 6) is -0.302. The van der Waals surface area contributed by atoms with Gasteiger partial charge in [0.05, 0.1) is 7.11 Å². The van der Waals surface area contributed by atoms with Gasteiger partial charge in [-0.05, 0) is 32.7 Å². The van der Waals surface area contributed by atoms with E-state index in [9.17, 15) is 4.79 Å². The molecule has 5 heteroatoms. The van der Waals surface area contributed by atoms with Crippen LogP contribution in [0.5, 0.6) is 0 Å². The predicted octanol–water partition coefficient (Wildman–Crippen LogP) is 0.435. The molecule has 0 saturated carbocycles. The number of carbonyl (C=O) groups excluding carboxylic acids is 1. The van der Waals surface area contributed by atoms with Crippen molar-refractivity contribution in [3.05, 3.63) is 0 Å². The molecule has 0 aromatic heterocycles. The maximum absolute atomic E-state index is 11.3. The van der Waals surface area contributed by atoms with Crippen LogP contribution in [0.15, 0.2) is 0 Å². The number of carbonyl (C=O) groups is 1. The van der Waals surface area contributed by atoms with E-state index < -0.39 is 6.04 Å². The average Bonchev–Trinajstić information content (AvgIpc) is 2.43. The SMILES string of the molecule is COC(=O)C(N)CCN1CC2CCCCN2CC1C. The molecule has 0 radical (unpaired) electrons. The standard InChI is InChI=1S/C14H27N3O2/c1-11-9-17-7-4-3-5-12(17)10-16(11)8-6-13(15)14(18)19-2/h11-13H,3-10,15H2,1-2H3. The van der Waals surface area contributed by atoms with Gasteiger partial charge in [-0.15, -0.1) is 0 Å². The Bertz CT molecular complexity index is 311. The summed E-state index contributed by atoms with van der Waals surface area (Å²) in [6.07, 6.45) is 4.69. The Morgan fingerprint density at radius 2 is 2.21 bits per heavy atom. The summed E-state index contributed by atoms with van der Waals surface area (Å²) >= 11 is 0. The molecule has 0 aromatic carbocycles. The summed E-state index contributed by atoms with van der Waals surface area (Å²) in [5, 5.41) is 0. The van der Waals surface area contributed by atoms with Gasteiger partial charge in [-0.2, -0.15) is 0 Å². The Morgan fingerprint density at radius 1 is 1.42 bits per heavy atom. The van der Waals surface area contributed by atoms with Crippen molar-refractivity contribution >= 4 is 5.97 Å². The normalized spacial score (nSPS) is 30.7. The summed E-state index contributed by atoms with van der Waals surface area (Å²) in [7, 11) is 1.39. The maximum atomic E-state index is 11.3. The molecule has 2 aliphatic rings. The summed E-state index contributed by atoms with van der Waals surface area (Å²) in [5.41, 5.74) is 5.81. The molecule has 0 aliphatic carbocycles. The fraction of sp³-hybridized carbons (Fsp3) is 0.929. The third-order valence-corrected chi connectivity index (χ3v) is 4.55. The van der Waals surface area contributed by atoms with Crippen LogP contribution in [0.1, 0.15) is 32.6 Å². The zero-order valence-corrected chi connectivity index (χ0v) is 12.2. The molecule has 5 nitrogen and oxygen atoms in total. The van der Waals surface area contributed by atoms with Crippen LogP contribution in [0, 0.1) is 0 Å². The number of ether oxygens (including phenoxy) is 1. The summed E-state index contributed by atoms with van der Waals surface area (Å²) in [4.78, 5) is 16.4. The number of hydrogen-bond donors (Lipinski definition) is 1. The van der Waals surface area contributed by atoms with E-state index in [1.807, 2.05) is 0 Å². The number of methoxy groups -OCH3 is 1. The highest BCUT2D eigenvalue weighted by molar-refractivity contribution is 5.75. The maximum Gasteiger partial charge on any atom is 0.322 e. The fourth-order valence-corrected chi connectivity index (χ4v) is 3.30. The van der Waals surface area contributed by atoms with Crippen molar-refractivity contribution in [3.8, 4) is 0 Å². The van der Waals surface area contributed by atoms with Crippen molar-refractivity contribution in [1.29, 1.82) is 0 Å². The highest BCUT2D eigenvalue weighted by Gasteiger charge is 2.32. The van der Waals surface area contributed by atoms with E-state index in [4.69, 9.17) is 5.73 Å². The van der Waals surface area contributed by atoms with Crippen LogP contribution < -0.4 is 5.73 Å². The lowest BCUT2D eigenvalue weighted by atomic mass is 9.97. The van der Waals surface area contributed by atoms with E-state index in [-0.39, 0.29) is 5.97 Å². The molecule has 0 amide bonds. The zero-order valence-electron chi connectivity index (χ0n) is 12.2. The molecule has 2 aliphatic heterocycles. The molecular formula is C14H27N3O2. The fourth-order valence-electron chi connectivity index (χ4n) is 3.30. The monoisotopic (exact) mass is 269 g/mol. The highest BCUT2D eigenvalue weighted by atomic mass is 16.5. The van der Waals surface area contributed by atoms with E-state index in [0.717, 1.165) is 19.6 Å². The first kappa shape index (κ1) is 14.8. The Balaban J connectivity index is 1.81. The molecule has 2 heterocycles. The lowest BCUT2D eigenvalue weighted by Crippen LogP contribution is -2.59. The largest absolute Gasteiger partial charge is 0.468 e. The molecule has 3 unspecified atom stereocenters. The molecule has 0 bridgehead atoms. The minimum atomic E-state index is -0.485. The van der Waals surface area contributed by atoms with E-state index in [1.54, 1.807) is 0 Å². The molecule has 2 saturated heterocycles. The first-order chi connectivity index (χ1) is 9.11. The van der Waals surface area contributed by atoms with Crippen LogP contribution in [0.25, 0.3) is 0 Å². The second-order valence-corrected chi connectivity index (χ2v) is 5.91. The van der Waals surface area contributed by atoms with Crippen molar-refractivity contribution in [1.82, 2.24) is 9.80 Å². The topological polar surface area (TPSA) is 58.8 Å². The van der Waals surface area contributed by atoms with E-state index in [1.165, 1.54) is 32.9 Å². The van der Waals surface area contributed by atoms with Gasteiger partial charge in [-0.25, -0.2) is 0 Å². The molecular weight excluding hydrogens is 242 g/mol. The number of hydrogen-bond acceptors (Lipinski definition) is 5. The number of piperidine rings is 1. The van der Waals surface area contributed by atoms with Crippen LogP contribution in [-0.4, -0.2) is 67.2 Å². The molecule has 110 valence electrons. The Hall–Kier alpha value is -0.650. The van der Waals surface area contributed by atoms with Gasteiger partial charge in [0.25, 0.3) is 0 Å². The van der Waals surface area contributed by atoms with Crippen molar-refractivity contribution in [2.24, 2.45) is 5.73 Å². The van der Waals surface area contributed by atoms with Crippen LogP contribution in [0.4, 0.5) is 0 Å². The number of rotatable bonds is 4. The Kier molecular flexibility index (Phi) is 5.19. The van der Waals surface area contributed by atoms with E-state index in [2.05, 4.69) is 21.5 Å². The lowest BCUT2D eigenvalue weighted by Gasteiger charge is -2.47. The average molecular weight is 269 g/mol. The third-order valence-electron chi connectivity index (χ3n) is 4.55. The molecule has 2 fully saturated rings. The number of piperazine rings is 1. The quantitative estimate of drug-likeness (QED) is 0.750. The third kappa shape index (κ3) is 3.68. The van der Waals surface area contributed by atoms with Crippen molar-refractivity contribution in [3.63, 3.8) is 0 Å². The van der Waals surface area contributed by atoms with Gasteiger partial charge in [-0.1, -0.05) is 6.42 Å². The van der Waals surface area contributed by atoms with E-state index >= 15 is 0 Å². The first-order valence-electron chi connectivity index (χ1n) is 7.43. The summed E-state index contributed by atoms with van der Waals surface area (Å²) < 4.78 is 4.67. The second kappa shape index (κ2) is 6.68. The minimum absolute atomic E-state index is 0.302. The lowest BCUT2D eigenvalue weighted by molar-refractivity contribution is -0.142. The number of fused-ring (bicyclic) bond motifs is 1. The predicted molar refractivity (Wildman–Crippen MR) is 74.9 cm³/mol. The molecule has 2 N–H and O–H groups in total. The number of esters is 1. The van der Waals surface area contributed by atoms with Gasteiger partial charge < -0.3 is 10.5 Å². The Morgan fingerprint density at radius 3 is 2.95 bits per heavy atom. The molecule has 0 spiro atoms. The minimum Gasteiger partial charge on any atom is -0.468 e. The van der Waals surface area contributed by atoms with Gasteiger partial charge in [-0.3, -0.25) is 14.6 Å².